The summed E-state index contributed by atoms with van der Waals surface area (Å²) in [7, 11) is 0. The zero-order valence-electron chi connectivity index (χ0n) is 10.9. The van der Waals surface area contributed by atoms with E-state index in [1.165, 1.54) is 0 Å². The van der Waals surface area contributed by atoms with E-state index in [0.29, 0.717) is 39.0 Å². The molecule has 0 aromatic rings. The second-order valence-electron chi connectivity index (χ2n) is 4.02. The number of aliphatic hydroxyl groups excluding tert-OH is 1. The Morgan fingerprint density at radius 1 is 1.19 bits per heavy atom. The van der Waals surface area contributed by atoms with Crippen LogP contribution >= 0.6 is 0 Å². The van der Waals surface area contributed by atoms with Crippen molar-refractivity contribution in [1.82, 2.24) is 5.32 Å². The normalized spacial score (nSPS) is 15.0. The van der Waals surface area contributed by atoms with E-state index < -0.39 is 6.10 Å². The van der Waals surface area contributed by atoms with Gasteiger partial charge in [-0.1, -0.05) is 13.3 Å². The van der Waals surface area contributed by atoms with Gasteiger partial charge in [0.2, 0.25) is 0 Å². The fourth-order valence-corrected chi connectivity index (χ4v) is 1.41. The van der Waals surface area contributed by atoms with Gasteiger partial charge >= 0.3 is 0 Å². The molecule has 0 bridgehead atoms. The fourth-order valence-electron chi connectivity index (χ4n) is 1.41. The number of aliphatic hydroxyl groups is 1. The molecule has 4 nitrogen and oxygen atoms in total. The van der Waals surface area contributed by atoms with Gasteiger partial charge in [-0.05, 0) is 20.3 Å². The zero-order chi connectivity index (χ0) is 12.2. The summed E-state index contributed by atoms with van der Waals surface area (Å²) in [5, 5.41) is 12.9. The van der Waals surface area contributed by atoms with E-state index in [-0.39, 0.29) is 0 Å². The maximum absolute atomic E-state index is 9.59. The average molecular weight is 233 g/mol. The summed E-state index contributed by atoms with van der Waals surface area (Å²) in [5.41, 5.74) is 0. The molecule has 2 atom stereocenters. The molecule has 0 heterocycles. The van der Waals surface area contributed by atoms with Crippen LogP contribution in [0.4, 0.5) is 0 Å². The van der Waals surface area contributed by atoms with Gasteiger partial charge in [0.1, 0.15) is 0 Å². The van der Waals surface area contributed by atoms with Crippen molar-refractivity contribution in [3.8, 4) is 0 Å². The van der Waals surface area contributed by atoms with Crippen molar-refractivity contribution in [2.75, 3.05) is 33.0 Å². The van der Waals surface area contributed by atoms with E-state index in [1.54, 1.807) is 0 Å². The third kappa shape index (κ3) is 10.4. The van der Waals surface area contributed by atoms with E-state index in [0.717, 1.165) is 12.8 Å². The van der Waals surface area contributed by atoms with E-state index in [2.05, 4.69) is 19.2 Å². The first-order valence-electron chi connectivity index (χ1n) is 6.27. The Morgan fingerprint density at radius 3 is 2.50 bits per heavy atom. The number of hydrogen-bond acceptors (Lipinski definition) is 4. The summed E-state index contributed by atoms with van der Waals surface area (Å²) >= 11 is 0. The SMILES string of the molecule is CCCC(C)NCC(O)COCCOCC. The third-order valence-electron chi connectivity index (χ3n) is 2.31. The molecule has 0 radical (unpaired) electrons. The molecule has 16 heavy (non-hydrogen) atoms. The molecule has 0 aromatic carbocycles. The summed E-state index contributed by atoms with van der Waals surface area (Å²) in [4.78, 5) is 0. The standard InChI is InChI=1S/C12H27NO3/c1-4-6-11(3)13-9-12(14)10-16-8-7-15-5-2/h11-14H,4-10H2,1-3H3. The molecule has 0 fully saturated rings. The van der Waals surface area contributed by atoms with Gasteiger partial charge in [0.25, 0.3) is 0 Å². The van der Waals surface area contributed by atoms with Crippen LogP contribution in [0.2, 0.25) is 0 Å². The van der Waals surface area contributed by atoms with Crippen LogP contribution in [0.3, 0.4) is 0 Å². The van der Waals surface area contributed by atoms with Crippen LogP contribution in [0.5, 0.6) is 0 Å². The van der Waals surface area contributed by atoms with Gasteiger partial charge in [-0.2, -0.15) is 0 Å². The van der Waals surface area contributed by atoms with Gasteiger partial charge in [0, 0.05) is 19.2 Å². The first-order valence-corrected chi connectivity index (χ1v) is 6.27. The topological polar surface area (TPSA) is 50.7 Å². The molecule has 0 aliphatic carbocycles. The molecule has 0 rings (SSSR count). The molecule has 0 amide bonds. The maximum Gasteiger partial charge on any atom is 0.0897 e. The average Bonchev–Trinajstić information content (AvgIpc) is 2.26. The largest absolute Gasteiger partial charge is 0.389 e. The predicted octanol–water partition coefficient (Wildman–Crippen LogP) is 1.18. The molecule has 0 aliphatic heterocycles. The number of ether oxygens (including phenoxy) is 2. The van der Waals surface area contributed by atoms with Gasteiger partial charge in [-0.25, -0.2) is 0 Å². The molecule has 98 valence electrons. The van der Waals surface area contributed by atoms with Crippen LogP contribution in [0.15, 0.2) is 0 Å². The molecule has 2 unspecified atom stereocenters. The lowest BCUT2D eigenvalue weighted by atomic mass is 10.2. The summed E-state index contributed by atoms with van der Waals surface area (Å²) in [6, 6.07) is 0.461. The van der Waals surface area contributed by atoms with Crippen molar-refractivity contribution in [3.63, 3.8) is 0 Å². The van der Waals surface area contributed by atoms with Crippen LogP contribution in [0.1, 0.15) is 33.6 Å². The second kappa shape index (κ2) is 11.3. The smallest absolute Gasteiger partial charge is 0.0897 e. The highest BCUT2D eigenvalue weighted by molar-refractivity contribution is 4.64. The lowest BCUT2D eigenvalue weighted by molar-refractivity contribution is 0.00581. The van der Waals surface area contributed by atoms with Crippen LogP contribution < -0.4 is 5.32 Å². The van der Waals surface area contributed by atoms with Crippen molar-refractivity contribution in [2.45, 2.75) is 45.8 Å². The Balaban J connectivity index is 3.27. The molecular formula is C12H27NO3. The van der Waals surface area contributed by atoms with E-state index in [4.69, 9.17) is 9.47 Å². The highest BCUT2D eigenvalue weighted by Gasteiger charge is 2.06. The minimum Gasteiger partial charge on any atom is -0.389 e. The molecular weight excluding hydrogens is 206 g/mol. The maximum atomic E-state index is 9.59. The van der Waals surface area contributed by atoms with E-state index in [1.807, 2.05) is 6.92 Å². The first-order chi connectivity index (χ1) is 7.70. The molecule has 2 N–H and O–H groups in total. The summed E-state index contributed by atoms with van der Waals surface area (Å²) in [6.07, 6.45) is 1.87. The monoisotopic (exact) mass is 233 g/mol. The minimum atomic E-state index is -0.430. The lowest BCUT2D eigenvalue weighted by Crippen LogP contribution is -2.36. The minimum absolute atomic E-state index is 0.374. The second-order valence-corrected chi connectivity index (χ2v) is 4.02. The Bertz CT molecular complexity index is 144. The zero-order valence-corrected chi connectivity index (χ0v) is 10.9. The third-order valence-corrected chi connectivity index (χ3v) is 2.31. The van der Waals surface area contributed by atoms with Crippen molar-refractivity contribution in [3.05, 3.63) is 0 Å². The molecule has 0 saturated carbocycles. The number of hydrogen-bond donors (Lipinski definition) is 2. The highest BCUT2D eigenvalue weighted by atomic mass is 16.5. The van der Waals surface area contributed by atoms with E-state index >= 15 is 0 Å². The van der Waals surface area contributed by atoms with Crippen molar-refractivity contribution < 1.29 is 14.6 Å². The fraction of sp³-hybridized carbons (Fsp3) is 1.00. The quantitative estimate of drug-likeness (QED) is 0.526. The number of nitrogens with one attached hydrogen (secondary N) is 1. The Kier molecular flexibility index (Phi) is 11.2. The molecule has 0 aliphatic rings. The van der Waals surface area contributed by atoms with Gasteiger partial charge in [-0.3, -0.25) is 0 Å². The predicted molar refractivity (Wildman–Crippen MR) is 65.7 cm³/mol. The Morgan fingerprint density at radius 2 is 1.88 bits per heavy atom. The molecule has 0 aromatic heterocycles. The van der Waals surface area contributed by atoms with Crippen molar-refractivity contribution in [1.29, 1.82) is 0 Å². The van der Waals surface area contributed by atoms with Gasteiger partial charge < -0.3 is 19.9 Å². The van der Waals surface area contributed by atoms with Crippen LogP contribution in [0.25, 0.3) is 0 Å². The van der Waals surface area contributed by atoms with Gasteiger partial charge in [0.05, 0.1) is 25.9 Å². The van der Waals surface area contributed by atoms with Crippen molar-refractivity contribution >= 4 is 0 Å². The van der Waals surface area contributed by atoms with Crippen LogP contribution in [-0.4, -0.2) is 50.2 Å². The van der Waals surface area contributed by atoms with Crippen LogP contribution in [0, 0.1) is 0 Å². The summed E-state index contributed by atoms with van der Waals surface area (Å²) < 4.78 is 10.4. The van der Waals surface area contributed by atoms with Gasteiger partial charge in [-0.15, -0.1) is 0 Å². The first kappa shape index (κ1) is 15.8. The van der Waals surface area contributed by atoms with Crippen molar-refractivity contribution in [2.24, 2.45) is 0 Å². The van der Waals surface area contributed by atoms with Gasteiger partial charge in [0.15, 0.2) is 0 Å². The molecule has 4 heteroatoms. The lowest BCUT2D eigenvalue weighted by Gasteiger charge is -2.16. The Hall–Kier alpha value is -0.160. The molecule has 0 saturated heterocycles. The Labute approximate surface area is 99.3 Å². The highest BCUT2D eigenvalue weighted by Crippen LogP contribution is 1.95. The summed E-state index contributed by atoms with van der Waals surface area (Å²) in [6.45, 7) is 9.07. The molecule has 0 spiro atoms. The van der Waals surface area contributed by atoms with Crippen LogP contribution in [-0.2, 0) is 9.47 Å². The number of rotatable bonds is 11. The summed E-state index contributed by atoms with van der Waals surface area (Å²) in [5.74, 6) is 0. The van der Waals surface area contributed by atoms with E-state index in [9.17, 15) is 5.11 Å².